The van der Waals surface area contributed by atoms with E-state index in [2.05, 4.69) is 23.2 Å². The number of rotatable bonds is 1. The van der Waals surface area contributed by atoms with E-state index in [1.54, 1.807) is 0 Å². The van der Waals surface area contributed by atoms with Gasteiger partial charge in [-0.15, -0.1) is 0 Å². The second kappa shape index (κ2) is 5.76. The van der Waals surface area contributed by atoms with Crippen molar-refractivity contribution >= 4 is 23.0 Å². The molecule has 26 heavy (non-hydrogen) atoms. The third kappa shape index (κ3) is 2.39. The highest BCUT2D eigenvalue weighted by Crippen LogP contribution is 2.38. The number of likely N-dealkylation sites (tertiary alicyclic amines) is 1. The van der Waals surface area contributed by atoms with E-state index in [1.165, 1.54) is 10.9 Å². The summed E-state index contributed by atoms with van der Waals surface area (Å²) in [5.41, 5.74) is 2.99. The molecular weight excluding hydrogens is 332 g/mol. The van der Waals surface area contributed by atoms with Crippen molar-refractivity contribution in [2.75, 3.05) is 19.7 Å². The van der Waals surface area contributed by atoms with Crippen molar-refractivity contribution in [1.82, 2.24) is 9.88 Å². The molecule has 1 aromatic carbocycles. The first-order valence-corrected chi connectivity index (χ1v) is 9.39. The molecule has 6 heteroatoms. The van der Waals surface area contributed by atoms with Crippen LogP contribution in [0.15, 0.2) is 24.3 Å². The summed E-state index contributed by atoms with van der Waals surface area (Å²) in [5, 5.41) is 1.24. The highest BCUT2D eigenvalue weighted by Gasteiger charge is 2.46. The second-order valence-corrected chi connectivity index (χ2v) is 7.66. The van der Waals surface area contributed by atoms with Crippen molar-refractivity contribution in [2.45, 2.75) is 43.6 Å². The lowest BCUT2D eigenvalue weighted by Crippen LogP contribution is -2.49. The topological polar surface area (TPSA) is 71.6 Å². The minimum atomic E-state index is -0.584. The number of nitrogens with one attached hydrogen (secondary N) is 1. The standard InChI is InChI=1S/C20H22N2O4/c23-18(22-10-8-20(9-11-22)12-25-19(24)26-20)15-6-3-5-14-13-4-1-2-7-16(13)21-17(14)15/h1-2,4,7,15,21H,3,5-6,8-12H2/t15-/m1/s1. The fourth-order valence-corrected chi connectivity index (χ4v) is 4.69. The predicted octanol–water partition coefficient (Wildman–Crippen LogP) is 3.12. The number of carbonyl (C=O) groups is 2. The first-order valence-electron chi connectivity index (χ1n) is 9.39. The number of para-hydroxylation sites is 1. The lowest BCUT2D eigenvalue weighted by Gasteiger charge is -2.38. The van der Waals surface area contributed by atoms with Crippen molar-refractivity contribution in [1.29, 1.82) is 0 Å². The highest BCUT2D eigenvalue weighted by molar-refractivity contribution is 5.90. The minimum absolute atomic E-state index is 0.0948. The van der Waals surface area contributed by atoms with Crippen LogP contribution in [-0.2, 0) is 20.7 Å². The molecule has 3 heterocycles. The van der Waals surface area contributed by atoms with Crippen LogP contribution in [0.2, 0.25) is 0 Å². The van der Waals surface area contributed by atoms with Crippen molar-refractivity contribution in [3.63, 3.8) is 0 Å². The van der Waals surface area contributed by atoms with E-state index in [9.17, 15) is 9.59 Å². The molecule has 0 saturated carbocycles. The van der Waals surface area contributed by atoms with Crippen LogP contribution in [0.4, 0.5) is 4.79 Å². The fraction of sp³-hybridized carbons (Fsp3) is 0.500. The third-order valence-corrected chi connectivity index (χ3v) is 6.15. The number of nitrogens with zero attached hydrogens (tertiary/aromatic N) is 1. The van der Waals surface area contributed by atoms with Crippen molar-refractivity contribution in [3.8, 4) is 0 Å². The molecule has 136 valence electrons. The van der Waals surface area contributed by atoms with Gasteiger partial charge < -0.3 is 19.4 Å². The lowest BCUT2D eigenvalue weighted by atomic mass is 9.84. The maximum atomic E-state index is 13.2. The van der Waals surface area contributed by atoms with Crippen LogP contribution in [0.5, 0.6) is 0 Å². The van der Waals surface area contributed by atoms with Gasteiger partial charge in [0.2, 0.25) is 5.91 Å². The lowest BCUT2D eigenvalue weighted by molar-refractivity contribution is -0.136. The number of H-pyrrole nitrogens is 1. The molecule has 2 aliphatic heterocycles. The quantitative estimate of drug-likeness (QED) is 0.799. The molecule has 5 rings (SSSR count). The number of fused-ring (bicyclic) bond motifs is 3. The third-order valence-electron chi connectivity index (χ3n) is 6.15. The molecule has 0 unspecified atom stereocenters. The highest BCUT2D eigenvalue weighted by atomic mass is 16.8. The monoisotopic (exact) mass is 354 g/mol. The molecule has 2 aromatic rings. The maximum Gasteiger partial charge on any atom is 0.509 e. The zero-order valence-electron chi connectivity index (χ0n) is 14.6. The van der Waals surface area contributed by atoms with Gasteiger partial charge in [-0.3, -0.25) is 4.79 Å². The van der Waals surface area contributed by atoms with Gasteiger partial charge in [-0.05, 0) is 30.9 Å². The number of ether oxygens (including phenoxy) is 2. The molecular formula is C20H22N2O4. The number of carbonyl (C=O) groups excluding carboxylic acids is 2. The Bertz CT molecular complexity index is 879. The number of piperidine rings is 1. The number of benzene rings is 1. The second-order valence-electron chi connectivity index (χ2n) is 7.66. The van der Waals surface area contributed by atoms with E-state index in [4.69, 9.17) is 9.47 Å². The molecule has 1 N–H and O–H groups in total. The van der Waals surface area contributed by atoms with Gasteiger partial charge >= 0.3 is 6.16 Å². The Morgan fingerprint density at radius 1 is 1.23 bits per heavy atom. The molecule has 2 fully saturated rings. The zero-order valence-corrected chi connectivity index (χ0v) is 14.6. The molecule has 1 aromatic heterocycles. The van der Waals surface area contributed by atoms with E-state index in [-0.39, 0.29) is 11.8 Å². The normalized spacial score (nSPS) is 24.4. The molecule has 3 aliphatic rings. The van der Waals surface area contributed by atoms with Gasteiger partial charge in [0.25, 0.3) is 0 Å². The smallest absolute Gasteiger partial charge is 0.430 e. The number of cyclic esters (lactones) is 1. The molecule has 0 bridgehead atoms. The summed E-state index contributed by atoms with van der Waals surface area (Å²) >= 11 is 0. The Hall–Kier alpha value is -2.50. The summed E-state index contributed by atoms with van der Waals surface area (Å²) in [6, 6.07) is 8.29. The number of aromatic amines is 1. The van der Waals surface area contributed by atoms with Gasteiger partial charge in [0.05, 0.1) is 5.92 Å². The first-order chi connectivity index (χ1) is 12.7. The number of aryl methyl sites for hydroxylation is 1. The van der Waals surface area contributed by atoms with Gasteiger partial charge in [-0.25, -0.2) is 4.79 Å². The van der Waals surface area contributed by atoms with E-state index >= 15 is 0 Å². The Morgan fingerprint density at radius 3 is 2.81 bits per heavy atom. The minimum Gasteiger partial charge on any atom is -0.430 e. The van der Waals surface area contributed by atoms with Crippen LogP contribution in [0.3, 0.4) is 0 Å². The first kappa shape index (κ1) is 15.7. The van der Waals surface area contributed by atoms with E-state index in [1.807, 2.05) is 11.0 Å². The van der Waals surface area contributed by atoms with Crippen LogP contribution in [-0.4, -0.2) is 47.2 Å². The number of hydrogen-bond acceptors (Lipinski definition) is 4. The van der Waals surface area contributed by atoms with Gasteiger partial charge in [-0.1, -0.05) is 18.2 Å². The molecule has 1 aliphatic carbocycles. The van der Waals surface area contributed by atoms with Crippen LogP contribution >= 0.6 is 0 Å². The summed E-state index contributed by atoms with van der Waals surface area (Å²) in [6.45, 7) is 1.53. The summed E-state index contributed by atoms with van der Waals surface area (Å²) in [7, 11) is 0. The SMILES string of the molecule is O=C1OCC2(CCN(C(=O)[C@@H]3CCCc4c3[nH]c3ccccc43)CC2)O1. The van der Waals surface area contributed by atoms with Crippen molar-refractivity contribution < 1.29 is 19.1 Å². The number of aromatic nitrogens is 1. The Labute approximate surface area is 151 Å². The van der Waals surface area contributed by atoms with Gasteiger partial charge in [0.1, 0.15) is 6.61 Å². The van der Waals surface area contributed by atoms with Crippen molar-refractivity contribution in [3.05, 3.63) is 35.5 Å². The molecule has 0 radical (unpaired) electrons. The molecule has 1 amide bonds. The summed E-state index contributed by atoms with van der Waals surface area (Å²) in [6.07, 6.45) is 3.67. The summed E-state index contributed by atoms with van der Waals surface area (Å²) in [4.78, 5) is 29.9. The van der Waals surface area contributed by atoms with Crippen LogP contribution in [0.1, 0.15) is 42.9 Å². The number of amides is 1. The Morgan fingerprint density at radius 2 is 2.04 bits per heavy atom. The van der Waals surface area contributed by atoms with Crippen molar-refractivity contribution in [2.24, 2.45) is 0 Å². The average Bonchev–Trinajstić information content (AvgIpc) is 3.22. The average molecular weight is 354 g/mol. The zero-order chi connectivity index (χ0) is 17.7. The number of hydrogen-bond donors (Lipinski definition) is 1. The van der Waals surface area contributed by atoms with E-state index in [0.717, 1.165) is 30.5 Å². The Balaban J connectivity index is 1.37. The maximum absolute atomic E-state index is 13.2. The van der Waals surface area contributed by atoms with E-state index < -0.39 is 11.8 Å². The summed E-state index contributed by atoms with van der Waals surface area (Å²) in [5.74, 6) is 0.0974. The van der Waals surface area contributed by atoms with Gasteiger partial charge in [0.15, 0.2) is 5.60 Å². The van der Waals surface area contributed by atoms with Gasteiger partial charge in [-0.2, -0.15) is 0 Å². The molecule has 1 atom stereocenters. The van der Waals surface area contributed by atoms with Crippen LogP contribution < -0.4 is 0 Å². The van der Waals surface area contributed by atoms with E-state index in [0.29, 0.717) is 32.5 Å². The van der Waals surface area contributed by atoms with Gasteiger partial charge in [0, 0.05) is 42.5 Å². The van der Waals surface area contributed by atoms with Crippen LogP contribution in [0.25, 0.3) is 10.9 Å². The largest absolute Gasteiger partial charge is 0.509 e. The molecule has 2 saturated heterocycles. The fourth-order valence-electron chi connectivity index (χ4n) is 4.69. The molecule has 1 spiro atoms. The predicted molar refractivity (Wildman–Crippen MR) is 95.0 cm³/mol. The van der Waals surface area contributed by atoms with Crippen LogP contribution in [0, 0.1) is 0 Å². The Kier molecular flexibility index (Phi) is 3.48. The summed E-state index contributed by atoms with van der Waals surface area (Å²) < 4.78 is 10.3. The molecule has 6 nitrogen and oxygen atoms in total.